The van der Waals surface area contributed by atoms with E-state index in [9.17, 15) is 13.2 Å². The first-order valence-corrected chi connectivity index (χ1v) is 7.14. The first kappa shape index (κ1) is 15.3. The fraction of sp³-hybridized carbons (Fsp3) is 0.200. The second-order valence-electron chi connectivity index (χ2n) is 4.43. The summed E-state index contributed by atoms with van der Waals surface area (Å²) in [6.45, 7) is 1.04. The molecule has 2 aromatic carbocycles. The lowest BCUT2D eigenvalue weighted by atomic mass is 10.1. The molecular weight excluding hydrogens is 378 g/mol. The van der Waals surface area contributed by atoms with Gasteiger partial charge in [0.25, 0.3) is 0 Å². The Morgan fingerprint density at radius 1 is 0.900 bits per heavy atom. The van der Waals surface area contributed by atoms with Crippen molar-refractivity contribution in [3.05, 3.63) is 68.8 Å². The molecule has 1 nitrogen and oxygen atoms in total. The average Bonchev–Trinajstić information content (AvgIpc) is 2.40. The van der Waals surface area contributed by atoms with Crippen LogP contribution in [0.5, 0.6) is 0 Å². The summed E-state index contributed by atoms with van der Waals surface area (Å²) in [5.41, 5.74) is 1.13. The highest BCUT2D eigenvalue weighted by Crippen LogP contribution is 2.29. The molecule has 20 heavy (non-hydrogen) atoms. The number of halogens is 4. The van der Waals surface area contributed by atoms with Crippen LogP contribution >= 0.6 is 22.6 Å². The molecule has 0 aliphatic carbocycles. The number of alkyl halides is 3. The molecule has 0 atom stereocenters. The second-order valence-corrected chi connectivity index (χ2v) is 5.67. The van der Waals surface area contributed by atoms with Crippen molar-refractivity contribution in [1.82, 2.24) is 5.32 Å². The van der Waals surface area contributed by atoms with Gasteiger partial charge in [-0.15, -0.1) is 0 Å². The molecule has 0 fully saturated rings. The summed E-state index contributed by atoms with van der Waals surface area (Å²) < 4.78 is 38.9. The number of benzene rings is 2. The summed E-state index contributed by atoms with van der Waals surface area (Å²) in [6, 6.07) is 13.4. The summed E-state index contributed by atoms with van der Waals surface area (Å²) >= 11 is 2.23. The maximum Gasteiger partial charge on any atom is 0.416 e. The smallest absolute Gasteiger partial charge is 0.309 e. The molecule has 0 spiro atoms. The summed E-state index contributed by atoms with van der Waals surface area (Å²) in [5, 5.41) is 3.15. The highest BCUT2D eigenvalue weighted by Gasteiger charge is 2.30. The summed E-state index contributed by atoms with van der Waals surface area (Å²) in [5.74, 6) is 0. The fourth-order valence-electron chi connectivity index (χ4n) is 1.81. The Bertz CT molecular complexity index is 564. The lowest BCUT2D eigenvalue weighted by Gasteiger charge is -2.09. The summed E-state index contributed by atoms with van der Waals surface area (Å²) in [7, 11) is 0. The SMILES string of the molecule is FC(F)(F)c1cccc(CNCc2ccc(I)cc2)c1. The van der Waals surface area contributed by atoms with Crippen molar-refractivity contribution in [2.75, 3.05) is 0 Å². The van der Waals surface area contributed by atoms with Crippen LogP contribution in [-0.4, -0.2) is 0 Å². The molecule has 0 amide bonds. The van der Waals surface area contributed by atoms with Gasteiger partial charge in [0.2, 0.25) is 0 Å². The Kier molecular flexibility index (Phi) is 5.04. The van der Waals surface area contributed by atoms with Crippen LogP contribution in [-0.2, 0) is 19.3 Å². The van der Waals surface area contributed by atoms with Gasteiger partial charge >= 0.3 is 6.18 Å². The van der Waals surface area contributed by atoms with Crippen molar-refractivity contribution in [3.63, 3.8) is 0 Å². The van der Waals surface area contributed by atoms with Crippen molar-refractivity contribution in [3.8, 4) is 0 Å². The van der Waals surface area contributed by atoms with Gasteiger partial charge in [0.05, 0.1) is 5.56 Å². The van der Waals surface area contributed by atoms with E-state index in [1.807, 2.05) is 24.3 Å². The molecule has 0 saturated carbocycles. The zero-order valence-electron chi connectivity index (χ0n) is 10.5. The first-order chi connectivity index (χ1) is 9.45. The molecule has 0 unspecified atom stereocenters. The van der Waals surface area contributed by atoms with Gasteiger partial charge in [-0.3, -0.25) is 0 Å². The first-order valence-electron chi connectivity index (χ1n) is 6.06. The van der Waals surface area contributed by atoms with Crippen LogP contribution in [0.4, 0.5) is 13.2 Å². The van der Waals surface area contributed by atoms with Gasteiger partial charge in [-0.05, 0) is 51.9 Å². The van der Waals surface area contributed by atoms with E-state index < -0.39 is 11.7 Å². The lowest BCUT2D eigenvalue weighted by Crippen LogP contribution is -2.13. The van der Waals surface area contributed by atoms with Crippen molar-refractivity contribution >= 4 is 22.6 Å². The maximum atomic E-state index is 12.6. The molecule has 0 saturated heterocycles. The number of hydrogen-bond acceptors (Lipinski definition) is 1. The van der Waals surface area contributed by atoms with E-state index in [0.717, 1.165) is 15.2 Å². The van der Waals surface area contributed by atoms with E-state index in [2.05, 4.69) is 27.9 Å². The van der Waals surface area contributed by atoms with E-state index in [1.54, 1.807) is 6.07 Å². The largest absolute Gasteiger partial charge is 0.416 e. The minimum Gasteiger partial charge on any atom is -0.309 e. The van der Waals surface area contributed by atoms with Crippen molar-refractivity contribution in [1.29, 1.82) is 0 Å². The van der Waals surface area contributed by atoms with Crippen LogP contribution in [0.1, 0.15) is 16.7 Å². The minimum absolute atomic E-state index is 0.413. The lowest BCUT2D eigenvalue weighted by molar-refractivity contribution is -0.137. The molecule has 0 aliphatic rings. The zero-order valence-corrected chi connectivity index (χ0v) is 12.7. The maximum absolute atomic E-state index is 12.6. The Morgan fingerprint density at radius 2 is 1.55 bits per heavy atom. The Morgan fingerprint density at radius 3 is 2.20 bits per heavy atom. The third-order valence-electron chi connectivity index (χ3n) is 2.83. The number of hydrogen-bond donors (Lipinski definition) is 1. The van der Waals surface area contributed by atoms with Crippen LogP contribution in [0.25, 0.3) is 0 Å². The molecule has 0 bridgehead atoms. The molecule has 0 radical (unpaired) electrons. The van der Waals surface area contributed by atoms with Gasteiger partial charge in [0, 0.05) is 16.7 Å². The Balaban J connectivity index is 1.93. The van der Waals surface area contributed by atoms with E-state index in [4.69, 9.17) is 0 Å². The second kappa shape index (κ2) is 6.58. The molecule has 0 aromatic heterocycles. The highest BCUT2D eigenvalue weighted by atomic mass is 127. The van der Waals surface area contributed by atoms with E-state index in [-0.39, 0.29) is 0 Å². The van der Waals surface area contributed by atoms with Crippen LogP contribution in [0, 0.1) is 3.57 Å². The van der Waals surface area contributed by atoms with Crippen molar-refractivity contribution in [2.24, 2.45) is 0 Å². The monoisotopic (exact) mass is 391 g/mol. The molecule has 2 aromatic rings. The van der Waals surface area contributed by atoms with Crippen LogP contribution in [0.3, 0.4) is 0 Å². The average molecular weight is 391 g/mol. The molecule has 0 aliphatic heterocycles. The van der Waals surface area contributed by atoms with E-state index >= 15 is 0 Å². The number of rotatable bonds is 4. The predicted molar refractivity (Wildman–Crippen MR) is 81.1 cm³/mol. The van der Waals surface area contributed by atoms with Crippen LogP contribution in [0.2, 0.25) is 0 Å². The number of nitrogens with one attached hydrogen (secondary N) is 1. The Hall–Kier alpha value is -1.08. The van der Waals surface area contributed by atoms with Crippen LogP contribution in [0.15, 0.2) is 48.5 Å². The molecule has 5 heteroatoms. The van der Waals surface area contributed by atoms with E-state index in [0.29, 0.717) is 18.7 Å². The van der Waals surface area contributed by atoms with Gasteiger partial charge in [0.1, 0.15) is 0 Å². The molecule has 106 valence electrons. The molecule has 1 N–H and O–H groups in total. The Labute approximate surface area is 129 Å². The van der Waals surface area contributed by atoms with Gasteiger partial charge in [0.15, 0.2) is 0 Å². The van der Waals surface area contributed by atoms with Gasteiger partial charge in [-0.2, -0.15) is 13.2 Å². The quantitative estimate of drug-likeness (QED) is 0.752. The fourth-order valence-corrected chi connectivity index (χ4v) is 2.17. The van der Waals surface area contributed by atoms with Gasteiger partial charge in [-0.25, -0.2) is 0 Å². The third kappa shape index (κ3) is 4.49. The van der Waals surface area contributed by atoms with Gasteiger partial charge < -0.3 is 5.32 Å². The van der Waals surface area contributed by atoms with Gasteiger partial charge in [-0.1, -0.05) is 30.3 Å². The minimum atomic E-state index is -4.29. The summed E-state index contributed by atoms with van der Waals surface area (Å²) in [6.07, 6.45) is -4.29. The molecule has 0 heterocycles. The van der Waals surface area contributed by atoms with Crippen LogP contribution < -0.4 is 5.32 Å². The molecule has 2 rings (SSSR count). The zero-order chi connectivity index (χ0) is 14.6. The summed E-state index contributed by atoms with van der Waals surface area (Å²) in [4.78, 5) is 0. The predicted octanol–water partition coefficient (Wildman–Crippen LogP) is 4.60. The molecular formula is C15H13F3IN. The topological polar surface area (TPSA) is 12.0 Å². The van der Waals surface area contributed by atoms with E-state index in [1.165, 1.54) is 12.1 Å². The van der Waals surface area contributed by atoms with Crippen molar-refractivity contribution < 1.29 is 13.2 Å². The highest BCUT2D eigenvalue weighted by molar-refractivity contribution is 14.1. The third-order valence-corrected chi connectivity index (χ3v) is 3.54. The normalized spacial score (nSPS) is 11.6. The van der Waals surface area contributed by atoms with Crippen molar-refractivity contribution in [2.45, 2.75) is 19.3 Å². The standard InChI is InChI=1S/C15H13F3IN/c16-15(17,18)13-3-1-2-12(8-13)10-20-9-11-4-6-14(19)7-5-11/h1-8,20H,9-10H2.